The lowest BCUT2D eigenvalue weighted by Gasteiger charge is -2.32. The van der Waals surface area contributed by atoms with E-state index in [0.717, 1.165) is 6.26 Å². The maximum Gasteiger partial charge on any atom is 0.154 e. The molecule has 0 spiro atoms. The van der Waals surface area contributed by atoms with Crippen molar-refractivity contribution in [3.63, 3.8) is 0 Å². The first-order valence-electron chi connectivity index (χ1n) is 5.69. The minimum Gasteiger partial charge on any atom is -0.271 e. The Balaban J connectivity index is 3.10. The van der Waals surface area contributed by atoms with E-state index in [-0.39, 0.29) is 6.42 Å². The molecule has 0 aromatic heterocycles. The van der Waals surface area contributed by atoms with E-state index in [1.165, 1.54) is 18.2 Å². The van der Waals surface area contributed by atoms with Crippen LogP contribution in [-0.2, 0) is 16.3 Å². The average Bonchev–Trinajstić information content (AvgIpc) is 2.28. The third-order valence-corrected chi connectivity index (χ3v) is 5.99. The lowest BCUT2D eigenvalue weighted by atomic mass is 9.96. The van der Waals surface area contributed by atoms with Crippen LogP contribution in [0.5, 0.6) is 0 Å². The van der Waals surface area contributed by atoms with E-state index in [9.17, 15) is 12.8 Å². The molecule has 0 saturated heterocycles. The Kier molecular flexibility index (Phi) is 4.95. The molecule has 1 atom stereocenters. The zero-order chi connectivity index (χ0) is 14.8. The van der Waals surface area contributed by atoms with Crippen LogP contribution < -0.4 is 11.3 Å². The predicted octanol–water partition coefficient (Wildman–Crippen LogP) is 1.68. The van der Waals surface area contributed by atoms with Crippen LogP contribution in [0.3, 0.4) is 0 Å². The summed E-state index contributed by atoms with van der Waals surface area (Å²) in [5.41, 5.74) is 3.00. The Hall–Kier alpha value is -0.690. The lowest BCUT2D eigenvalue weighted by Crippen LogP contribution is -2.55. The quantitative estimate of drug-likeness (QED) is 0.641. The average molecular weight is 309 g/mol. The Morgan fingerprint density at radius 3 is 2.53 bits per heavy atom. The zero-order valence-corrected chi connectivity index (χ0v) is 12.6. The monoisotopic (exact) mass is 308 g/mol. The number of benzene rings is 1. The third-order valence-electron chi connectivity index (χ3n) is 3.43. The molecule has 108 valence electrons. The highest BCUT2D eigenvalue weighted by Gasteiger charge is 2.38. The second kappa shape index (κ2) is 5.75. The van der Waals surface area contributed by atoms with Crippen molar-refractivity contribution < 1.29 is 12.8 Å². The number of hydrogen-bond acceptors (Lipinski definition) is 4. The molecule has 1 aromatic rings. The highest BCUT2D eigenvalue weighted by molar-refractivity contribution is 7.92. The van der Waals surface area contributed by atoms with Crippen LogP contribution in [0.2, 0.25) is 5.02 Å². The first-order chi connectivity index (χ1) is 8.59. The molecule has 0 heterocycles. The van der Waals surface area contributed by atoms with Crippen molar-refractivity contribution in [2.24, 2.45) is 5.84 Å². The molecular weight excluding hydrogens is 291 g/mol. The van der Waals surface area contributed by atoms with Gasteiger partial charge in [-0.2, -0.15) is 0 Å². The number of nitrogens with two attached hydrogens (primary N) is 1. The molecule has 19 heavy (non-hydrogen) atoms. The number of hydrazine groups is 1. The molecule has 1 aromatic carbocycles. The van der Waals surface area contributed by atoms with Crippen molar-refractivity contribution >= 4 is 21.4 Å². The Morgan fingerprint density at radius 1 is 1.47 bits per heavy atom. The van der Waals surface area contributed by atoms with Gasteiger partial charge in [0.1, 0.15) is 5.82 Å². The molecule has 0 aliphatic heterocycles. The zero-order valence-electron chi connectivity index (χ0n) is 11.1. The van der Waals surface area contributed by atoms with Crippen LogP contribution in [-0.4, -0.2) is 25.5 Å². The van der Waals surface area contributed by atoms with Crippen molar-refractivity contribution in [3.05, 3.63) is 34.6 Å². The van der Waals surface area contributed by atoms with Crippen molar-refractivity contribution in [1.29, 1.82) is 0 Å². The largest absolute Gasteiger partial charge is 0.271 e. The number of sulfone groups is 1. The van der Waals surface area contributed by atoms with Crippen LogP contribution in [0.4, 0.5) is 4.39 Å². The van der Waals surface area contributed by atoms with Gasteiger partial charge in [-0.3, -0.25) is 11.3 Å². The second-order valence-corrected chi connectivity index (χ2v) is 8.04. The van der Waals surface area contributed by atoms with Crippen LogP contribution in [0, 0.1) is 5.82 Å². The summed E-state index contributed by atoms with van der Waals surface area (Å²) >= 11 is 5.98. The molecule has 7 heteroatoms. The van der Waals surface area contributed by atoms with Crippen molar-refractivity contribution in [2.45, 2.75) is 31.1 Å². The van der Waals surface area contributed by atoms with Crippen LogP contribution >= 0.6 is 11.6 Å². The number of hydrogen-bond donors (Lipinski definition) is 2. The first-order valence-corrected chi connectivity index (χ1v) is 7.96. The predicted molar refractivity (Wildman–Crippen MR) is 75.1 cm³/mol. The van der Waals surface area contributed by atoms with Crippen LogP contribution in [0.25, 0.3) is 0 Å². The van der Waals surface area contributed by atoms with E-state index in [4.69, 9.17) is 17.4 Å². The van der Waals surface area contributed by atoms with Gasteiger partial charge < -0.3 is 0 Å². The van der Waals surface area contributed by atoms with Gasteiger partial charge in [-0.1, -0.05) is 11.6 Å². The smallest absolute Gasteiger partial charge is 0.154 e. The molecule has 0 saturated carbocycles. The van der Waals surface area contributed by atoms with Crippen molar-refractivity contribution in [2.75, 3.05) is 6.26 Å². The summed E-state index contributed by atoms with van der Waals surface area (Å²) in [7, 11) is -3.34. The van der Waals surface area contributed by atoms with Gasteiger partial charge in [0.05, 0.1) is 4.75 Å². The molecule has 0 radical (unpaired) electrons. The van der Waals surface area contributed by atoms with E-state index in [1.54, 1.807) is 13.8 Å². The lowest BCUT2D eigenvalue weighted by molar-refractivity contribution is 0.412. The summed E-state index contributed by atoms with van der Waals surface area (Å²) < 4.78 is 35.7. The molecule has 1 unspecified atom stereocenters. The molecule has 3 N–H and O–H groups in total. The highest BCUT2D eigenvalue weighted by atomic mass is 35.5. The standard InChI is InChI=1S/C12H18ClFN2O2S/c1-12(2,19(3,17)18)11(16-15)7-8-6-9(14)4-5-10(8)13/h4-6,11,16H,7,15H2,1-3H3. The van der Waals surface area contributed by atoms with E-state index in [0.29, 0.717) is 10.6 Å². The number of rotatable bonds is 5. The van der Waals surface area contributed by atoms with E-state index < -0.39 is 26.4 Å². The SMILES string of the molecule is CC(C)(C(Cc1cc(F)ccc1Cl)NN)S(C)(=O)=O. The van der Waals surface area contributed by atoms with Gasteiger partial charge in [-0.05, 0) is 44.0 Å². The number of halogens is 2. The van der Waals surface area contributed by atoms with Gasteiger partial charge in [0, 0.05) is 17.3 Å². The van der Waals surface area contributed by atoms with Gasteiger partial charge >= 0.3 is 0 Å². The third kappa shape index (κ3) is 3.66. The maximum absolute atomic E-state index is 13.2. The fourth-order valence-electron chi connectivity index (χ4n) is 1.68. The minimum atomic E-state index is -3.34. The minimum absolute atomic E-state index is 0.215. The summed E-state index contributed by atoms with van der Waals surface area (Å²) in [6, 6.07) is 3.39. The van der Waals surface area contributed by atoms with E-state index in [1.807, 2.05) is 0 Å². The Labute approximate surface area is 118 Å². The van der Waals surface area contributed by atoms with Gasteiger partial charge in [0.15, 0.2) is 9.84 Å². The van der Waals surface area contributed by atoms with Gasteiger partial charge in [0.2, 0.25) is 0 Å². The topological polar surface area (TPSA) is 72.2 Å². The molecule has 1 rings (SSSR count). The molecule has 0 aliphatic rings. The molecule has 4 nitrogen and oxygen atoms in total. The Bertz CT molecular complexity index is 561. The fourth-order valence-corrected chi connectivity index (χ4v) is 2.55. The second-order valence-electron chi connectivity index (χ2n) is 5.03. The summed E-state index contributed by atoms with van der Waals surface area (Å²) in [6.45, 7) is 3.14. The molecule has 0 fully saturated rings. The van der Waals surface area contributed by atoms with Gasteiger partial charge in [-0.25, -0.2) is 12.8 Å². The van der Waals surface area contributed by atoms with Crippen molar-refractivity contribution in [1.82, 2.24) is 5.43 Å². The molecule has 0 aliphatic carbocycles. The van der Waals surface area contributed by atoms with E-state index in [2.05, 4.69) is 5.43 Å². The van der Waals surface area contributed by atoms with Crippen molar-refractivity contribution in [3.8, 4) is 0 Å². The summed E-state index contributed by atoms with van der Waals surface area (Å²) in [5, 5.41) is 0.381. The summed E-state index contributed by atoms with van der Waals surface area (Å²) in [4.78, 5) is 0. The van der Waals surface area contributed by atoms with Crippen LogP contribution in [0.1, 0.15) is 19.4 Å². The summed E-state index contributed by atoms with van der Waals surface area (Å²) in [6.07, 6.45) is 1.36. The normalized spacial score (nSPS) is 14.4. The Morgan fingerprint density at radius 2 is 2.05 bits per heavy atom. The first kappa shape index (κ1) is 16.4. The highest BCUT2D eigenvalue weighted by Crippen LogP contribution is 2.26. The molecule has 0 bridgehead atoms. The summed E-state index contributed by atoms with van der Waals surface area (Å²) in [5.74, 6) is 5.02. The van der Waals surface area contributed by atoms with Crippen LogP contribution in [0.15, 0.2) is 18.2 Å². The fraction of sp³-hybridized carbons (Fsp3) is 0.500. The maximum atomic E-state index is 13.2. The molecular formula is C12H18ClFN2O2S. The van der Waals surface area contributed by atoms with Gasteiger partial charge in [-0.15, -0.1) is 0 Å². The molecule has 0 amide bonds. The number of nitrogens with one attached hydrogen (secondary N) is 1. The van der Waals surface area contributed by atoms with E-state index >= 15 is 0 Å². The van der Waals surface area contributed by atoms with Gasteiger partial charge in [0.25, 0.3) is 0 Å².